The molecule has 1 aromatic heterocycles. The molecule has 1 aliphatic heterocycles. The minimum Gasteiger partial charge on any atom is -0.324 e. The van der Waals surface area contributed by atoms with Gasteiger partial charge in [-0.25, -0.2) is 9.78 Å². The summed E-state index contributed by atoms with van der Waals surface area (Å²) in [5, 5.41) is 2.12. The van der Waals surface area contributed by atoms with Crippen molar-refractivity contribution in [1.82, 2.24) is 9.55 Å². The molecule has 0 bridgehead atoms. The number of benzene rings is 1. The molecule has 0 N–H and O–H groups in total. The summed E-state index contributed by atoms with van der Waals surface area (Å²) in [5.74, 6) is 3.30. The maximum atomic E-state index is 10.7. The number of hydrogen-bond donors (Lipinski definition) is 0. The molecule has 0 aliphatic carbocycles. The molecule has 3 rings (SSSR count). The van der Waals surface area contributed by atoms with Crippen LogP contribution in [0.5, 0.6) is 0 Å². The van der Waals surface area contributed by atoms with Gasteiger partial charge in [-0.1, -0.05) is 44.2 Å². The molecule has 0 saturated heterocycles. The predicted octanol–water partition coefficient (Wildman–Crippen LogP) is 4.20. The van der Waals surface area contributed by atoms with E-state index in [2.05, 4.69) is 65.2 Å². The van der Waals surface area contributed by atoms with Gasteiger partial charge in [-0.15, -0.1) is 10.5 Å². The van der Waals surface area contributed by atoms with Crippen molar-refractivity contribution in [1.29, 1.82) is 0 Å². The number of aromatic nitrogens is 2. The summed E-state index contributed by atoms with van der Waals surface area (Å²) >= 11 is 0. The highest BCUT2D eigenvalue weighted by atomic mass is 32.2. The van der Waals surface area contributed by atoms with Gasteiger partial charge in [0.2, 0.25) is 0 Å². The van der Waals surface area contributed by atoms with E-state index in [9.17, 15) is 4.79 Å². The molecule has 1 aliphatic rings. The zero-order valence-electron chi connectivity index (χ0n) is 14.7. The lowest BCUT2D eigenvalue weighted by atomic mass is 9.94. The van der Waals surface area contributed by atoms with Crippen LogP contribution in [0.4, 0.5) is 0 Å². The first-order valence-corrected chi connectivity index (χ1v) is 10.5. The van der Waals surface area contributed by atoms with Crippen molar-refractivity contribution in [3.8, 4) is 0 Å². The van der Waals surface area contributed by atoms with Crippen LogP contribution in [0.2, 0.25) is 0 Å². The van der Waals surface area contributed by atoms with Crippen molar-refractivity contribution in [3.05, 3.63) is 53.6 Å². The highest BCUT2D eigenvalue weighted by Gasteiger charge is 2.33. The van der Waals surface area contributed by atoms with Crippen LogP contribution in [-0.2, 0) is 17.6 Å². The lowest BCUT2D eigenvalue weighted by Crippen LogP contribution is -2.16. The van der Waals surface area contributed by atoms with Crippen LogP contribution in [0.3, 0.4) is 0 Å². The van der Waals surface area contributed by atoms with Gasteiger partial charge in [0, 0.05) is 18.3 Å². The summed E-state index contributed by atoms with van der Waals surface area (Å²) in [5.41, 5.74) is 2.71. The number of imidazole rings is 1. The molecule has 4 atom stereocenters. The van der Waals surface area contributed by atoms with Gasteiger partial charge in [0.15, 0.2) is 5.23 Å². The van der Waals surface area contributed by atoms with E-state index in [0.717, 1.165) is 25.0 Å². The molecule has 3 nitrogen and oxygen atoms in total. The molecule has 0 fully saturated rings. The minimum absolute atomic E-state index is 0.216. The second-order valence-electron chi connectivity index (χ2n) is 7.10. The number of hydrogen-bond acceptors (Lipinski definition) is 2. The molecule has 1 aromatic carbocycles. The fourth-order valence-electron chi connectivity index (χ4n) is 3.74. The Morgan fingerprint density at radius 1 is 1.38 bits per heavy atom. The topological polar surface area (TPSA) is 34.9 Å². The Kier molecular flexibility index (Phi) is 5.37. The van der Waals surface area contributed by atoms with Gasteiger partial charge in [0.25, 0.3) is 0 Å². The Labute approximate surface area is 147 Å². The van der Waals surface area contributed by atoms with Gasteiger partial charge >= 0.3 is 0 Å². The number of rotatable bonds is 6. The van der Waals surface area contributed by atoms with Gasteiger partial charge < -0.3 is 4.57 Å². The van der Waals surface area contributed by atoms with Crippen molar-refractivity contribution in [2.24, 2.45) is 11.8 Å². The first kappa shape index (κ1) is 17.2. The Morgan fingerprint density at radius 3 is 2.83 bits per heavy atom. The van der Waals surface area contributed by atoms with Crippen LogP contribution >= 0.6 is 10.5 Å². The lowest BCUT2D eigenvalue weighted by Gasteiger charge is -2.22. The van der Waals surface area contributed by atoms with Gasteiger partial charge in [-0.2, -0.15) is 0 Å². The van der Waals surface area contributed by atoms with Crippen molar-refractivity contribution in [3.63, 3.8) is 0 Å². The van der Waals surface area contributed by atoms with Crippen LogP contribution in [0.25, 0.3) is 0 Å². The molecule has 24 heavy (non-hydrogen) atoms. The van der Waals surface area contributed by atoms with E-state index in [1.54, 1.807) is 0 Å². The summed E-state index contributed by atoms with van der Waals surface area (Å²) in [6.45, 7) is 4.60. The third kappa shape index (κ3) is 3.55. The van der Waals surface area contributed by atoms with Crippen LogP contribution in [0.15, 0.2) is 36.5 Å². The van der Waals surface area contributed by atoms with E-state index in [1.165, 1.54) is 17.1 Å². The van der Waals surface area contributed by atoms with Crippen molar-refractivity contribution in [2.45, 2.75) is 39.2 Å². The summed E-state index contributed by atoms with van der Waals surface area (Å²) in [6, 6.07) is 11.2. The van der Waals surface area contributed by atoms with E-state index < -0.39 is 0 Å². The van der Waals surface area contributed by atoms with Crippen LogP contribution in [0.1, 0.15) is 43.4 Å². The summed E-state index contributed by atoms with van der Waals surface area (Å²) < 4.78 is 2.47. The zero-order chi connectivity index (χ0) is 17.1. The molecule has 2 heterocycles. The average molecular weight is 343 g/mol. The first-order chi connectivity index (χ1) is 11.6. The monoisotopic (exact) mass is 342 g/mol. The lowest BCUT2D eigenvalue weighted by molar-refractivity contribution is 0.452. The number of carbonyl (C=O) groups excluding carboxylic acids is 1. The Bertz CT molecular complexity index is 746. The Morgan fingerprint density at radius 2 is 2.12 bits per heavy atom. The smallest absolute Gasteiger partial charge is 0.155 e. The van der Waals surface area contributed by atoms with E-state index in [0.29, 0.717) is 17.9 Å². The summed E-state index contributed by atoms with van der Waals surface area (Å²) in [7, 11) is -0.216. The van der Waals surface area contributed by atoms with Gasteiger partial charge in [-0.05, 0) is 42.2 Å². The highest BCUT2D eigenvalue weighted by molar-refractivity contribution is 8.13. The molecule has 0 saturated carbocycles. The molecule has 2 aromatic rings. The summed E-state index contributed by atoms with van der Waals surface area (Å²) in [4.78, 5) is 15.4. The second-order valence-corrected chi connectivity index (χ2v) is 8.94. The van der Waals surface area contributed by atoms with E-state index in [1.807, 2.05) is 6.26 Å². The fraction of sp³-hybridized carbons (Fsp3) is 0.500. The first-order valence-electron chi connectivity index (χ1n) is 8.70. The van der Waals surface area contributed by atoms with Gasteiger partial charge in [0.05, 0.1) is 6.04 Å². The average Bonchev–Trinajstić information content (AvgIpc) is 3.12. The molecule has 4 heteroatoms. The van der Waals surface area contributed by atoms with Crippen LogP contribution in [-0.4, -0.2) is 26.8 Å². The van der Waals surface area contributed by atoms with E-state index >= 15 is 0 Å². The van der Waals surface area contributed by atoms with Gasteiger partial charge in [0.1, 0.15) is 5.82 Å². The van der Waals surface area contributed by atoms with Crippen molar-refractivity contribution >= 4 is 15.7 Å². The van der Waals surface area contributed by atoms with Gasteiger partial charge in [-0.3, -0.25) is 0 Å². The molecule has 4 unspecified atom stereocenters. The molecule has 0 spiro atoms. The number of nitrogens with zero attached hydrogens (tertiary/aromatic N) is 2. The molecule has 0 amide bonds. The molecule has 0 radical (unpaired) electrons. The maximum absolute atomic E-state index is 10.7. The standard InChI is InChI=1S/C20H26N2OS/c1-15(9-10-24(3)14-23)11-18-13-21-19-12-16(2)20(22(18)19)17-7-5-4-6-8-17/h4-8,13,15-16,20H,9-12H2,1-3H3. The largest absolute Gasteiger partial charge is 0.324 e. The fourth-order valence-corrected chi connectivity index (χ4v) is 4.58. The van der Waals surface area contributed by atoms with Crippen molar-refractivity contribution < 1.29 is 4.79 Å². The molecular formula is C20H26N2OS. The third-order valence-corrected chi connectivity index (χ3v) is 6.16. The quantitative estimate of drug-likeness (QED) is 0.738. The predicted molar refractivity (Wildman–Crippen MR) is 101 cm³/mol. The molecular weight excluding hydrogens is 316 g/mol. The van der Waals surface area contributed by atoms with E-state index in [4.69, 9.17) is 0 Å². The summed E-state index contributed by atoms with van der Waals surface area (Å²) in [6.07, 6.45) is 7.18. The minimum atomic E-state index is -0.216. The van der Waals surface area contributed by atoms with Crippen LogP contribution < -0.4 is 0 Å². The SMILES string of the molecule is CC(CCS(C)=C=O)Cc1cnc2n1C(c1ccccc1)C(C)C2. The van der Waals surface area contributed by atoms with Crippen LogP contribution in [0, 0.1) is 11.8 Å². The Hall–Kier alpha value is -1.64. The highest BCUT2D eigenvalue weighted by Crippen LogP contribution is 2.38. The molecule has 128 valence electrons. The Balaban J connectivity index is 1.80. The maximum Gasteiger partial charge on any atom is 0.155 e. The number of fused-ring (bicyclic) bond motifs is 1. The zero-order valence-corrected chi connectivity index (χ0v) is 15.6. The second kappa shape index (κ2) is 7.50. The van der Waals surface area contributed by atoms with E-state index in [-0.39, 0.29) is 10.5 Å². The van der Waals surface area contributed by atoms with Crippen molar-refractivity contribution in [2.75, 3.05) is 12.0 Å². The normalized spacial score (nSPS) is 22.0. The third-order valence-electron chi connectivity index (χ3n) is 5.03.